The van der Waals surface area contributed by atoms with Crippen molar-refractivity contribution in [2.45, 2.75) is 0 Å². The maximum Gasteiger partial charge on any atom is 0 e. The Morgan fingerprint density at radius 2 is 0.800 bits per heavy atom. The van der Waals surface area contributed by atoms with Crippen LogP contribution < -0.4 is 0 Å². The first-order valence-corrected chi connectivity index (χ1v) is 22.0. The fourth-order valence-corrected chi connectivity index (χ4v) is 0. The Hall–Kier alpha value is 3.88. The van der Waals surface area contributed by atoms with Crippen LogP contribution in [0.3, 0.4) is 0 Å². The minimum absolute atomic E-state index is 0. The standard InChI is InChI=1S/2As.3Cd. The van der Waals surface area contributed by atoms with E-state index in [4.69, 9.17) is 0 Å². The fourth-order valence-electron chi connectivity index (χ4n) is 0. The van der Waals surface area contributed by atoms with Gasteiger partial charge in [-0.1, -0.05) is 0 Å². The van der Waals surface area contributed by atoms with Crippen molar-refractivity contribution in [3.05, 3.63) is 0 Å². The molecule has 0 N–H and O–H groups in total. The van der Waals surface area contributed by atoms with Gasteiger partial charge in [0.2, 0.25) is 0 Å². The Balaban J connectivity index is -0.0000000133. The normalized spacial score (nSPS) is 2.40. The van der Waals surface area contributed by atoms with E-state index in [1.165, 1.54) is 0 Å². The van der Waals surface area contributed by atoms with Crippen LogP contribution in [0.1, 0.15) is 0 Å². The van der Waals surface area contributed by atoms with E-state index in [1.54, 1.807) is 0 Å². The first-order chi connectivity index (χ1) is 2.00. The summed E-state index contributed by atoms with van der Waals surface area (Å²) in [6, 6.07) is 0. The van der Waals surface area contributed by atoms with Crippen LogP contribution in [-0.2, 0) is 72.3 Å². The van der Waals surface area contributed by atoms with Crippen molar-refractivity contribution in [2.24, 2.45) is 0 Å². The Morgan fingerprint density at radius 3 is 0.800 bits per heavy atom. The van der Waals surface area contributed by atoms with Gasteiger partial charge in [-0.15, -0.1) is 0 Å². The number of hydrogen-bond acceptors (Lipinski definition) is 0. The van der Waals surface area contributed by atoms with Crippen LogP contribution in [0.25, 0.3) is 0 Å². The molecule has 2 radical (unpaired) electrons. The van der Waals surface area contributed by atoms with Crippen molar-refractivity contribution >= 4 is 24.4 Å². The molecule has 0 aromatic rings. The zero-order valence-electron chi connectivity index (χ0n) is 3.02. The van der Waals surface area contributed by atoms with Gasteiger partial charge >= 0.3 is 69.3 Å². The van der Waals surface area contributed by atoms with Gasteiger partial charge in [-0.25, -0.2) is 0 Å². The smallest absolute Gasteiger partial charge is 0 e. The summed E-state index contributed by atoms with van der Waals surface area (Å²) in [6.45, 7) is 0. The predicted octanol–water partition coefficient (Wildman–Crippen LogP) is -0.769. The number of rotatable bonds is 0. The molecule has 0 bridgehead atoms. The zero-order chi connectivity index (χ0) is 4.00. The summed E-state index contributed by atoms with van der Waals surface area (Å²) in [7, 11) is 0. The largest absolute Gasteiger partial charge is 0 e. The Morgan fingerprint density at radius 1 is 0.800 bits per heavy atom. The maximum absolute atomic E-state index is 2.48. The van der Waals surface area contributed by atoms with Crippen molar-refractivity contribution in [1.29, 1.82) is 0 Å². The summed E-state index contributed by atoms with van der Waals surface area (Å²) in [4.78, 5) is 0. The molecular formula is As2Cd3. The summed E-state index contributed by atoms with van der Waals surface area (Å²) in [5.74, 6) is 0. The van der Waals surface area contributed by atoms with Gasteiger partial charge in [0.05, 0.1) is 0 Å². The van der Waals surface area contributed by atoms with Gasteiger partial charge in [-0.2, -0.15) is 0 Å². The molecule has 0 nitrogen and oxygen atoms in total. The summed E-state index contributed by atoms with van der Waals surface area (Å²) in [5, 5.41) is 0. The molecule has 0 aliphatic heterocycles. The van der Waals surface area contributed by atoms with Gasteiger partial charge < -0.3 is 0 Å². The Bertz CT molecular complexity index is 6.85. The maximum atomic E-state index is 2.48. The topological polar surface area (TPSA) is 0 Å². The Labute approximate surface area is 93.9 Å². The molecule has 0 atom stereocenters. The molecular weight excluding hydrogens is 487 g/mol. The van der Waals surface area contributed by atoms with Crippen LogP contribution in [0.15, 0.2) is 0 Å². The van der Waals surface area contributed by atoms with Crippen LogP contribution in [0.5, 0.6) is 0 Å². The van der Waals surface area contributed by atoms with Gasteiger partial charge in [-0.05, 0) is 0 Å². The third kappa shape index (κ3) is 18.1. The second kappa shape index (κ2) is 24.8. The summed E-state index contributed by atoms with van der Waals surface area (Å²) >= 11 is 7.14. The van der Waals surface area contributed by atoms with Gasteiger partial charge in [0, 0.05) is 27.3 Å². The van der Waals surface area contributed by atoms with E-state index in [0.717, 1.165) is 45.0 Å². The van der Waals surface area contributed by atoms with Gasteiger partial charge in [0.15, 0.2) is 0 Å². The fraction of sp³-hybridized carbons (Fsp3) is 0. The second-order valence-electron chi connectivity index (χ2n) is 0. The predicted molar refractivity (Wildman–Crippen MR) is 11.5 cm³/mol. The van der Waals surface area contributed by atoms with Gasteiger partial charge in [-0.3, -0.25) is 0 Å². The average molecular weight is 487 g/mol. The molecule has 0 fully saturated rings. The first-order valence-electron chi connectivity index (χ1n) is 0.632. The van der Waals surface area contributed by atoms with Crippen LogP contribution in [0.2, 0.25) is 0 Å². The van der Waals surface area contributed by atoms with Gasteiger partial charge in [0.25, 0.3) is 0 Å². The molecule has 0 aromatic carbocycles. The van der Waals surface area contributed by atoms with Crippen molar-refractivity contribution in [3.8, 4) is 0 Å². The van der Waals surface area contributed by atoms with Crippen LogP contribution in [0.4, 0.5) is 0 Å². The summed E-state index contributed by atoms with van der Waals surface area (Å²) in [5.41, 5.74) is 0. The third-order valence-electron chi connectivity index (χ3n) is 0. The molecule has 0 unspecified atom stereocenters. The molecule has 0 heterocycles. The van der Waals surface area contributed by atoms with Crippen LogP contribution in [0, 0.1) is 0 Å². The Kier molecular flexibility index (Phi) is 79.0. The minimum Gasteiger partial charge on any atom is 0 e. The van der Waals surface area contributed by atoms with E-state index >= 15 is 0 Å². The molecule has 0 rings (SSSR count). The minimum atomic E-state index is 0. The third-order valence-corrected chi connectivity index (χ3v) is 0. The van der Waals surface area contributed by atoms with Crippen molar-refractivity contribution in [1.82, 2.24) is 0 Å². The molecule has 0 spiro atoms. The molecule has 0 aliphatic rings. The van der Waals surface area contributed by atoms with E-state index in [2.05, 4.69) is 24.4 Å². The quantitative estimate of drug-likeness (QED) is 0.395. The molecule has 0 aliphatic carbocycles. The van der Waals surface area contributed by atoms with E-state index in [9.17, 15) is 0 Å². The molecule has 5 heteroatoms. The van der Waals surface area contributed by atoms with Crippen molar-refractivity contribution < 1.29 is 72.3 Å². The monoisotopic (exact) mass is 492 g/mol. The van der Waals surface area contributed by atoms with E-state index in [0.29, 0.717) is 0 Å². The van der Waals surface area contributed by atoms with Gasteiger partial charge in [0.1, 0.15) is 0 Å². The van der Waals surface area contributed by atoms with E-state index in [-0.39, 0.29) is 27.3 Å². The molecule has 0 amide bonds. The van der Waals surface area contributed by atoms with Crippen LogP contribution in [-0.4, -0.2) is 24.4 Å². The van der Waals surface area contributed by atoms with E-state index in [1.807, 2.05) is 0 Å². The number of hydrogen-bond donors (Lipinski definition) is 0. The average Bonchev–Trinajstić information content (AvgIpc) is 1.50. The molecule has 16 valence electrons. The first kappa shape index (κ1) is 15.9. The molecule has 5 heavy (non-hydrogen) atoms. The summed E-state index contributed by atoms with van der Waals surface area (Å²) in [6.07, 6.45) is 0. The second-order valence-corrected chi connectivity index (χ2v) is 0. The molecule has 0 aromatic heterocycles. The SMILES string of the molecule is [As]=[Cd].[As]=[Cd].[Cd]. The van der Waals surface area contributed by atoms with Crippen molar-refractivity contribution in [3.63, 3.8) is 0 Å². The molecule has 0 saturated heterocycles. The van der Waals surface area contributed by atoms with Crippen LogP contribution >= 0.6 is 0 Å². The van der Waals surface area contributed by atoms with Crippen molar-refractivity contribution in [2.75, 3.05) is 0 Å². The van der Waals surface area contributed by atoms with E-state index < -0.39 is 0 Å². The summed E-state index contributed by atoms with van der Waals surface area (Å²) < 4.78 is 0. The zero-order valence-corrected chi connectivity index (χ0v) is 18.9. The molecule has 0 saturated carbocycles.